The van der Waals surface area contributed by atoms with Gasteiger partial charge in [0, 0.05) is 4.88 Å². The van der Waals surface area contributed by atoms with Gasteiger partial charge >= 0.3 is 0 Å². The second-order valence-electron chi connectivity index (χ2n) is 6.08. The van der Waals surface area contributed by atoms with Gasteiger partial charge in [0.2, 0.25) is 0 Å². The molecule has 134 valence electrons. The molecular weight excluding hydrogens is 370 g/mol. The molecule has 1 atom stereocenters. The number of primary amides is 1. The lowest BCUT2D eigenvalue weighted by atomic mass is 9.88. The Kier molecular flexibility index (Phi) is 4.54. The Morgan fingerprint density at radius 2 is 1.96 bits per heavy atom. The Morgan fingerprint density at radius 3 is 2.56 bits per heavy atom. The molecular formula is C16H16F2N2O3S2. The number of benzene rings is 1. The van der Waals surface area contributed by atoms with Crippen molar-refractivity contribution in [1.29, 1.82) is 0 Å². The van der Waals surface area contributed by atoms with E-state index in [4.69, 9.17) is 5.73 Å². The normalized spacial score (nSPS) is 17.2. The second-order valence-corrected chi connectivity index (χ2v) is 8.80. The number of hydrogen-bond donors (Lipinski definition) is 2. The molecule has 1 aliphatic rings. The number of anilines is 1. The van der Waals surface area contributed by atoms with E-state index in [9.17, 15) is 22.0 Å². The summed E-state index contributed by atoms with van der Waals surface area (Å²) in [6, 6.07) is 2.78. The number of carbonyl (C=O) groups excluding carboxylic acids is 1. The van der Waals surface area contributed by atoms with Crippen LogP contribution in [0.4, 0.5) is 13.8 Å². The molecule has 5 nitrogen and oxygen atoms in total. The fourth-order valence-corrected chi connectivity index (χ4v) is 5.86. The summed E-state index contributed by atoms with van der Waals surface area (Å²) >= 11 is 1.09. The topological polar surface area (TPSA) is 89.3 Å². The molecule has 25 heavy (non-hydrogen) atoms. The maximum absolute atomic E-state index is 13.8. The minimum Gasteiger partial charge on any atom is -0.365 e. The molecule has 1 aromatic heterocycles. The number of nitrogens with one attached hydrogen (secondary N) is 1. The van der Waals surface area contributed by atoms with Gasteiger partial charge in [-0.25, -0.2) is 17.2 Å². The van der Waals surface area contributed by atoms with Gasteiger partial charge in [-0.3, -0.25) is 9.52 Å². The van der Waals surface area contributed by atoms with Crippen molar-refractivity contribution >= 4 is 32.3 Å². The zero-order chi connectivity index (χ0) is 18.4. The van der Waals surface area contributed by atoms with Gasteiger partial charge in [0.05, 0.1) is 5.56 Å². The third-order valence-electron chi connectivity index (χ3n) is 4.17. The molecule has 0 aliphatic heterocycles. The highest BCUT2D eigenvalue weighted by Gasteiger charge is 2.30. The van der Waals surface area contributed by atoms with E-state index in [2.05, 4.69) is 11.6 Å². The minimum atomic E-state index is -4.54. The highest BCUT2D eigenvalue weighted by Crippen LogP contribution is 2.40. The minimum absolute atomic E-state index is 0.00857. The summed E-state index contributed by atoms with van der Waals surface area (Å²) < 4.78 is 54.7. The van der Waals surface area contributed by atoms with Crippen LogP contribution in [0.5, 0.6) is 0 Å². The van der Waals surface area contributed by atoms with Gasteiger partial charge in [0.15, 0.2) is 4.90 Å². The molecule has 0 saturated carbocycles. The molecule has 1 aliphatic carbocycles. The monoisotopic (exact) mass is 386 g/mol. The summed E-state index contributed by atoms with van der Waals surface area (Å²) in [6.45, 7) is 2.06. The first-order valence-corrected chi connectivity index (χ1v) is 9.92. The highest BCUT2D eigenvalue weighted by atomic mass is 32.2. The molecule has 0 bridgehead atoms. The van der Waals surface area contributed by atoms with Crippen molar-refractivity contribution in [2.45, 2.75) is 31.1 Å². The average molecular weight is 386 g/mol. The Labute approximate surface area is 147 Å². The highest BCUT2D eigenvalue weighted by molar-refractivity contribution is 7.93. The van der Waals surface area contributed by atoms with Gasteiger partial charge in [-0.05, 0) is 42.9 Å². The number of nitrogens with two attached hydrogens (primary N) is 1. The van der Waals surface area contributed by atoms with Crippen molar-refractivity contribution in [2.75, 3.05) is 4.72 Å². The number of fused-ring (bicyclic) bond motifs is 1. The van der Waals surface area contributed by atoms with Crippen LogP contribution >= 0.6 is 11.3 Å². The van der Waals surface area contributed by atoms with Gasteiger partial charge in [0.25, 0.3) is 15.9 Å². The average Bonchev–Trinajstić information content (AvgIpc) is 2.82. The summed E-state index contributed by atoms with van der Waals surface area (Å²) in [5.74, 6) is -2.77. The fourth-order valence-electron chi connectivity index (χ4n) is 3.00. The Hall–Kier alpha value is -2.00. The maximum Gasteiger partial charge on any atom is 0.268 e. The lowest BCUT2D eigenvalue weighted by Crippen LogP contribution is -2.20. The first kappa shape index (κ1) is 17.8. The van der Waals surface area contributed by atoms with E-state index in [1.165, 1.54) is 0 Å². The summed E-state index contributed by atoms with van der Waals surface area (Å²) in [4.78, 5) is 11.6. The Balaban J connectivity index is 2.08. The predicted octanol–water partition coefficient (Wildman–Crippen LogP) is 3.05. The molecule has 0 fully saturated rings. The molecule has 0 unspecified atom stereocenters. The predicted molar refractivity (Wildman–Crippen MR) is 91.2 cm³/mol. The van der Waals surface area contributed by atoms with Crippen LogP contribution in [0.25, 0.3) is 0 Å². The van der Waals surface area contributed by atoms with E-state index in [1.807, 2.05) is 0 Å². The quantitative estimate of drug-likeness (QED) is 0.846. The van der Waals surface area contributed by atoms with Gasteiger partial charge < -0.3 is 5.73 Å². The zero-order valence-corrected chi connectivity index (χ0v) is 14.9. The van der Waals surface area contributed by atoms with Crippen LogP contribution in [0.2, 0.25) is 0 Å². The van der Waals surface area contributed by atoms with Crippen LogP contribution in [0.15, 0.2) is 23.1 Å². The summed E-state index contributed by atoms with van der Waals surface area (Å²) in [7, 11) is -4.54. The first-order valence-electron chi connectivity index (χ1n) is 7.62. The van der Waals surface area contributed by atoms with Gasteiger partial charge in [-0.15, -0.1) is 11.3 Å². The summed E-state index contributed by atoms with van der Waals surface area (Å²) in [6.07, 6.45) is 2.18. The van der Waals surface area contributed by atoms with E-state index in [1.54, 1.807) is 0 Å². The van der Waals surface area contributed by atoms with Crippen LogP contribution in [0.1, 0.15) is 34.1 Å². The van der Waals surface area contributed by atoms with Crippen molar-refractivity contribution in [1.82, 2.24) is 0 Å². The zero-order valence-electron chi connectivity index (χ0n) is 13.3. The molecule has 1 heterocycles. The largest absolute Gasteiger partial charge is 0.365 e. The van der Waals surface area contributed by atoms with Crippen molar-refractivity contribution in [3.63, 3.8) is 0 Å². The van der Waals surface area contributed by atoms with E-state index in [0.29, 0.717) is 18.8 Å². The standard InChI is InChI=1S/C16H16F2N2O3S2/c1-8-5-6-9-12(7-8)24-16(13(9)15(19)21)20-25(22,23)14-10(17)3-2-4-11(14)18/h2-4,8,20H,5-7H2,1H3,(H2,19,21)/t8-/m1/s1. The number of sulfonamides is 1. The van der Waals surface area contributed by atoms with E-state index in [0.717, 1.165) is 46.4 Å². The van der Waals surface area contributed by atoms with Crippen molar-refractivity contribution in [2.24, 2.45) is 11.7 Å². The van der Waals surface area contributed by atoms with Crippen LogP contribution < -0.4 is 10.5 Å². The fraction of sp³-hybridized carbons (Fsp3) is 0.312. The molecule has 3 N–H and O–H groups in total. The number of hydrogen-bond acceptors (Lipinski definition) is 4. The Bertz CT molecular complexity index is 934. The molecule has 0 radical (unpaired) electrons. The van der Waals surface area contributed by atoms with Crippen molar-refractivity contribution in [3.8, 4) is 0 Å². The number of halogens is 2. The summed E-state index contributed by atoms with van der Waals surface area (Å²) in [5.41, 5.74) is 6.23. The van der Waals surface area contributed by atoms with Gasteiger partial charge in [-0.2, -0.15) is 0 Å². The lowest BCUT2D eigenvalue weighted by Gasteiger charge is -2.18. The molecule has 1 aromatic carbocycles. The van der Waals surface area contributed by atoms with Crippen LogP contribution in [-0.4, -0.2) is 14.3 Å². The lowest BCUT2D eigenvalue weighted by molar-refractivity contribution is 0.100. The molecule has 2 aromatic rings. The number of thiophene rings is 1. The first-order chi connectivity index (χ1) is 11.7. The van der Waals surface area contributed by atoms with Crippen LogP contribution in [0, 0.1) is 17.6 Å². The SMILES string of the molecule is C[C@@H]1CCc2c(sc(NS(=O)(=O)c3c(F)cccc3F)c2C(N)=O)C1. The third-order valence-corrected chi connectivity index (χ3v) is 6.87. The second kappa shape index (κ2) is 6.38. The van der Waals surface area contributed by atoms with Gasteiger partial charge in [-0.1, -0.05) is 13.0 Å². The van der Waals surface area contributed by atoms with Crippen LogP contribution in [-0.2, 0) is 22.9 Å². The molecule has 3 rings (SSSR count). The number of rotatable bonds is 4. The van der Waals surface area contributed by atoms with Crippen molar-refractivity contribution in [3.05, 3.63) is 45.8 Å². The van der Waals surface area contributed by atoms with E-state index < -0.39 is 32.5 Å². The maximum atomic E-state index is 13.8. The van der Waals surface area contributed by atoms with E-state index >= 15 is 0 Å². The third kappa shape index (κ3) is 3.25. The molecule has 9 heteroatoms. The van der Waals surface area contributed by atoms with Crippen molar-refractivity contribution < 1.29 is 22.0 Å². The van der Waals surface area contributed by atoms with Crippen LogP contribution in [0.3, 0.4) is 0 Å². The van der Waals surface area contributed by atoms with Gasteiger partial charge in [0.1, 0.15) is 16.6 Å². The molecule has 0 saturated heterocycles. The molecule has 0 spiro atoms. The number of carbonyl (C=O) groups is 1. The molecule has 1 amide bonds. The van der Waals surface area contributed by atoms with E-state index in [-0.39, 0.29) is 10.6 Å². The number of amides is 1. The summed E-state index contributed by atoms with van der Waals surface area (Å²) in [5, 5.41) is 0.00857. The Morgan fingerprint density at radius 1 is 1.32 bits per heavy atom. The smallest absolute Gasteiger partial charge is 0.268 e.